The molecular weight excluding hydrogens is 316 g/mol. The van der Waals surface area contributed by atoms with Crippen LogP contribution in [0.4, 0.5) is 11.4 Å². The van der Waals surface area contributed by atoms with Crippen molar-refractivity contribution in [2.45, 2.75) is 13.3 Å². The predicted octanol–water partition coefficient (Wildman–Crippen LogP) is 1.86. The minimum Gasteiger partial charge on any atom is -0.494 e. The molecule has 0 spiro atoms. The molecule has 0 fully saturated rings. The number of amides is 2. The average Bonchev–Trinajstić information content (AvgIpc) is 2.97. The SMILES string of the molecule is COc1cc(NC(=O)c2csc(CCN)n2)ccc1NC(C)=O. The summed E-state index contributed by atoms with van der Waals surface area (Å²) in [5, 5.41) is 7.93. The Kier molecular flexibility index (Phi) is 5.67. The summed E-state index contributed by atoms with van der Waals surface area (Å²) in [4.78, 5) is 27.6. The van der Waals surface area contributed by atoms with Crippen LogP contribution >= 0.6 is 11.3 Å². The highest BCUT2D eigenvalue weighted by Crippen LogP contribution is 2.28. The number of aromatic nitrogens is 1. The fourth-order valence-electron chi connectivity index (χ4n) is 1.91. The first-order valence-corrected chi connectivity index (χ1v) is 7.83. The molecule has 0 atom stereocenters. The van der Waals surface area contributed by atoms with E-state index in [0.29, 0.717) is 35.8 Å². The first-order valence-electron chi connectivity index (χ1n) is 6.95. The summed E-state index contributed by atoms with van der Waals surface area (Å²) >= 11 is 1.41. The lowest BCUT2D eigenvalue weighted by Gasteiger charge is -2.11. The Morgan fingerprint density at radius 1 is 1.35 bits per heavy atom. The fraction of sp³-hybridized carbons (Fsp3) is 0.267. The van der Waals surface area contributed by atoms with Crippen LogP contribution in [0.5, 0.6) is 5.75 Å². The van der Waals surface area contributed by atoms with Crippen LogP contribution in [-0.2, 0) is 11.2 Å². The Balaban J connectivity index is 2.12. The molecule has 0 radical (unpaired) electrons. The molecule has 7 nitrogen and oxygen atoms in total. The van der Waals surface area contributed by atoms with E-state index >= 15 is 0 Å². The Morgan fingerprint density at radius 3 is 2.78 bits per heavy atom. The summed E-state index contributed by atoms with van der Waals surface area (Å²) in [6.45, 7) is 1.91. The third-order valence-electron chi connectivity index (χ3n) is 2.91. The minimum atomic E-state index is -0.307. The van der Waals surface area contributed by atoms with Crippen molar-refractivity contribution >= 4 is 34.5 Å². The molecule has 0 aliphatic heterocycles. The van der Waals surface area contributed by atoms with Gasteiger partial charge in [0.15, 0.2) is 0 Å². The third-order valence-corrected chi connectivity index (χ3v) is 3.82. The normalized spacial score (nSPS) is 10.2. The van der Waals surface area contributed by atoms with Gasteiger partial charge in [0, 0.05) is 30.5 Å². The standard InChI is InChI=1S/C15H18N4O3S/c1-9(20)17-11-4-3-10(7-13(11)22-2)18-15(21)12-8-23-14(19-12)5-6-16/h3-4,7-8H,5-6,16H2,1-2H3,(H,17,20)(H,18,21). The van der Waals surface area contributed by atoms with Gasteiger partial charge in [0.1, 0.15) is 11.4 Å². The van der Waals surface area contributed by atoms with Crippen molar-refractivity contribution in [3.8, 4) is 5.75 Å². The molecule has 122 valence electrons. The van der Waals surface area contributed by atoms with Crippen LogP contribution in [-0.4, -0.2) is 30.5 Å². The highest BCUT2D eigenvalue weighted by molar-refractivity contribution is 7.09. The van der Waals surface area contributed by atoms with Gasteiger partial charge in [-0.2, -0.15) is 0 Å². The van der Waals surface area contributed by atoms with Crippen LogP contribution in [0.25, 0.3) is 0 Å². The molecule has 0 unspecified atom stereocenters. The molecule has 23 heavy (non-hydrogen) atoms. The predicted molar refractivity (Wildman–Crippen MR) is 90.1 cm³/mol. The zero-order valence-corrected chi connectivity index (χ0v) is 13.7. The van der Waals surface area contributed by atoms with E-state index in [9.17, 15) is 9.59 Å². The number of hydrogen-bond donors (Lipinski definition) is 3. The van der Waals surface area contributed by atoms with Crippen molar-refractivity contribution in [2.75, 3.05) is 24.3 Å². The molecule has 1 heterocycles. The topological polar surface area (TPSA) is 106 Å². The summed E-state index contributed by atoms with van der Waals surface area (Å²) < 4.78 is 5.22. The van der Waals surface area contributed by atoms with Gasteiger partial charge in [0.05, 0.1) is 17.8 Å². The second-order valence-corrected chi connectivity index (χ2v) is 5.66. The molecule has 0 aliphatic carbocycles. The first kappa shape index (κ1) is 16.9. The number of carbonyl (C=O) groups excluding carboxylic acids is 2. The van der Waals surface area contributed by atoms with Crippen molar-refractivity contribution < 1.29 is 14.3 Å². The van der Waals surface area contributed by atoms with Gasteiger partial charge in [-0.25, -0.2) is 4.98 Å². The Hall–Kier alpha value is -2.45. The molecule has 1 aromatic heterocycles. The number of ether oxygens (including phenoxy) is 1. The molecule has 0 saturated carbocycles. The zero-order valence-electron chi connectivity index (χ0n) is 12.9. The van der Waals surface area contributed by atoms with E-state index in [4.69, 9.17) is 10.5 Å². The number of anilines is 2. The summed E-state index contributed by atoms with van der Waals surface area (Å²) in [7, 11) is 1.49. The van der Waals surface area contributed by atoms with Gasteiger partial charge in [-0.3, -0.25) is 9.59 Å². The van der Waals surface area contributed by atoms with Crippen molar-refractivity contribution in [3.63, 3.8) is 0 Å². The lowest BCUT2D eigenvalue weighted by Crippen LogP contribution is -2.13. The van der Waals surface area contributed by atoms with Gasteiger partial charge in [0.25, 0.3) is 5.91 Å². The van der Waals surface area contributed by atoms with E-state index in [-0.39, 0.29) is 11.8 Å². The Morgan fingerprint density at radius 2 is 2.13 bits per heavy atom. The maximum atomic E-state index is 12.2. The number of methoxy groups -OCH3 is 1. The van der Waals surface area contributed by atoms with Gasteiger partial charge in [-0.05, 0) is 18.7 Å². The smallest absolute Gasteiger partial charge is 0.275 e. The van der Waals surface area contributed by atoms with Crippen molar-refractivity contribution in [1.82, 2.24) is 4.98 Å². The molecule has 2 amide bonds. The fourth-order valence-corrected chi connectivity index (χ4v) is 2.70. The van der Waals surface area contributed by atoms with Gasteiger partial charge < -0.3 is 21.1 Å². The molecule has 2 aromatic rings. The molecule has 2 rings (SSSR count). The van der Waals surface area contributed by atoms with Crippen molar-refractivity contribution in [3.05, 3.63) is 34.3 Å². The molecule has 0 aliphatic rings. The van der Waals surface area contributed by atoms with Gasteiger partial charge in [0.2, 0.25) is 5.91 Å². The second kappa shape index (κ2) is 7.70. The van der Waals surface area contributed by atoms with Crippen LogP contribution in [0, 0.1) is 0 Å². The van der Waals surface area contributed by atoms with Crippen LogP contribution < -0.4 is 21.1 Å². The summed E-state index contributed by atoms with van der Waals surface area (Å²) in [5.41, 5.74) is 6.91. The van der Waals surface area contributed by atoms with E-state index in [1.54, 1.807) is 23.6 Å². The third kappa shape index (κ3) is 4.51. The van der Waals surface area contributed by atoms with E-state index in [0.717, 1.165) is 5.01 Å². The number of benzene rings is 1. The molecule has 0 bridgehead atoms. The van der Waals surface area contributed by atoms with Crippen LogP contribution in [0.15, 0.2) is 23.6 Å². The lowest BCUT2D eigenvalue weighted by atomic mass is 10.2. The van der Waals surface area contributed by atoms with E-state index in [1.807, 2.05) is 0 Å². The quantitative estimate of drug-likeness (QED) is 0.747. The minimum absolute atomic E-state index is 0.199. The van der Waals surface area contributed by atoms with Crippen molar-refractivity contribution in [1.29, 1.82) is 0 Å². The summed E-state index contributed by atoms with van der Waals surface area (Å²) in [5.74, 6) is -0.0473. The van der Waals surface area contributed by atoms with Gasteiger partial charge in [-0.1, -0.05) is 0 Å². The molecule has 1 aromatic carbocycles. The van der Waals surface area contributed by atoms with Crippen molar-refractivity contribution in [2.24, 2.45) is 5.73 Å². The largest absolute Gasteiger partial charge is 0.494 e. The number of rotatable bonds is 6. The maximum Gasteiger partial charge on any atom is 0.275 e. The average molecular weight is 334 g/mol. The first-order chi connectivity index (χ1) is 11.0. The van der Waals surface area contributed by atoms with E-state index in [2.05, 4.69) is 15.6 Å². The van der Waals surface area contributed by atoms with Crippen LogP contribution in [0.2, 0.25) is 0 Å². The highest BCUT2D eigenvalue weighted by Gasteiger charge is 2.12. The Labute approximate surface area is 137 Å². The van der Waals surface area contributed by atoms with Gasteiger partial charge in [-0.15, -0.1) is 11.3 Å². The molecular formula is C15H18N4O3S. The molecule has 4 N–H and O–H groups in total. The number of nitrogens with two attached hydrogens (primary N) is 1. The van der Waals surface area contributed by atoms with Gasteiger partial charge >= 0.3 is 0 Å². The zero-order chi connectivity index (χ0) is 16.8. The monoisotopic (exact) mass is 334 g/mol. The maximum absolute atomic E-state index is 12.2. The van der Waals surface area contributed by atoms with Crippen LogP contribution in [0.1, 0.15) is 22.4 Å². The van der Waals surface area contributed by atoms with Crippen LogP contribution in [0.3, 0.4) is 0 Å². The summed E-state index contributed by atoms with van der Waals surface area (Å²) in [6.07, 6.45) is 0.650. The highest BCUT2D eigenvalue weighted by atomic mass is 32.1. The molecule has 0 saturated heterocycles. The summed E-state index contributed by atoms with van der Waals surface area (Å²) in [6, 6.07) is 4.98. The second-order valence-electron chi connectivity index (χ2n) is 4.72. The lowest BCUT2D eigenvalue weighted by molar-refractivity contribution is -0.114. The number of hydrogen-bond acceptors (Lipinski definition) is 6. The van der Waals surface area contributed by atoms with E-state index < -0.39 is 0 Å². The Bertz CT molecular complexity index is 714. The molecule has 8 heteroatoms. The van der Waals surface area contributed by atoms with E-state index in [1.165, 1.54) is 25.4 Å². The number of carbonyl (C=O) groups is 2. The number of nitrogens with one attached hydrogen (secondary N) is 2. The number of thiazole rings is 1. The number of nitrogens with zero attached hydrogens (tertiary/aromatic N) is 1.